The van der Waals surface area contributed by atoms with Crippen LogP contribution in [0.2, 0.25) is 0 Å². The Morgan fingerprint density at radius 3 is 0.696 bits per heavy atom. The maximum absolute atomic E-state index is 13.1. The first kappa shape index (κ1) is 100. The number of carbonyl (C=O) groups is 4. The van der Waals surface area contributed by atoms with Gasteiger partial charge in [-0.05, 0) is 31.6 Å². The number of unbranched alkanes of at least 4 members (excludes halogenated alkanes) is 54. The molecule has 3 unspecified atom stereocenters. The summed E-state index contributed by atoms with van der Waals surface area (Å²) < 4.78 is 68.7. The van der Waals surface area contributed by atoms with Gasteiger partial charge < -0.3 is 33.8 Å². The maximum atomic E-state index is 13.1. The molecule has 0 aliphatic carbocycles. The van der Waals surface area contributed by atoms with Gasteiger partial charge in [0.15, 0.2) is 12.2 Å². The first-order valence-corrected chi connectivity index (χ1v) is 46.2. The molecule has 0 aromatic rings. The molecular formula is C83H162O17P2. The molecule has 0 aromatic heterocycles. The molecule has 17 nitrogen and oxygen atoms in total. The number of rotatable bonds is 83. The molecule has 0 fully saturated rings. The quantitative estimate of drug-likeness (QED) is 0.0222. The van der Waals surface area contributed by atoms with Crippen LogP contribution in [0.5, 0.6) is 0 Å². The van der Waals surface area contributed by atoms with E-state index in [0.29, 0.717) is 25.7 Å². The standard InChI is InChI=1S/C83H162O17P2/c1-6-10-13-16-19-21-23-25-27-28-32-36-39-43-47-52-57-62-67-81(86)94-73-79(100-83(88)69-64-59-54-49-45-41-37-33-30-29-31-35-38-42-46-51-55-60-65-76(5)9-4)75-98-102(91,92)96-71-77(84)70-95-101(89,90)97-74-78(72-93-80(85)66-61-56-50-18-15-12-8-3)99-82(87)68-63-58-53-48-44-40-34-26-24-22-20-17-14-11-7-2/h76-79,84H,6-75H2,1-5H3,(H,89,90)(H,91,92)/t76?,77-,78+,79+/m0/s1. The molecule has 102 heavy (non-hydrogen) atoms. The van der Waals surface area contributed by atoms with Gasteiger partial charge in [-0.25, -0.2) is 9.13 Å². The van der Waals surface area contributed by atoms with Crippen LogP contribution in [0.1, 0.15) is 446 Å². The fourth-order valence-corrected chi connectivity index (χ4v) is 14.5. The van der Waals surface area contributed by atoms with Gasteiger partial charge in [0.25, 0.3) is 0 Å². The van der Waals surface area contributed by atoms with E-state index >= 15 is 0 Å². The van der Waals surface area contributed by atoms with E-state index < -0.39 is 97.5 Å². The molecule has 3 N–H and O–H groups in total. The molecule has 0 aliphatic rings. The van der Waals surface area contributed by atoms with Crippen molar-refractivity contribution in [3.63, 3.8) is 0 Å². The van der Waals surface area contributed by atoms with Gasteiger partial charge in [-0.15, -0.1) is 0 Å². The zero-order valence-corrected chi connectivity index (χ0v) is 68.5. The number of phosphoric acid groups is 2. The van der Waals surface area contributed by atoms with Crippen LogP contribution in [0.3, 0.4) is 0 Å². The smallest absolute Gasteiger partial charge is 0.462 e. The summed E-state index contributed by atoms with van der Waals surface area (Å²) in [6, 6.07) is 0. The third-order valence-corrected chi connectivity index (χ3v) is 21.8. The topological polar surface area (TPSA) is 237 Å². The minimum Gasteiger partial charge on any atom is -0.462 e. The van der Waals surface area contributed by atoms with Crippen molar-refractivity contribution in [1.29, 1.82) is 0 Å². The summed E-state index contributed by atoms with van der Waals surface area (Å²) in [4.78, 5) is 72.9. The number of hydrogen-bond acceptors (Lipinski definition) is 15. The predicted octanol–water partition coefficient (Wildman–Crippen LogP) is 25.2. The number of aliphatic hydroxyl groups excluding tert-OH is 1. The van der Waals surface area contributed by atoms with Crippen molar-refractivity contribution in [1.82, 2.24) is 0 Å². The molecule has 0 amide bonds. The molecule has 606 valence electrons. The molecule has 0 saturated heterocycles. The highest BCUT2D eigenvalue weighted by molar-refractivity contribution is 7.47. The summed E-state index contributed by atoms with van der Waals surface area (Å²) in [6.07, 6.45) is 68.2. The molecular weight excluding hydrogens is 1330 g/mol. The highest BCUT2D eigenvalue weighted by Crippen LogP contribution is 2.45. The van der Waals surface area contributed by atoms with Gasteiger partial charge in [-0.3, -0.25) is 37.3 Å². The molecule has 19 heteroatoms. The number of ether oxygens (including phenoxy) is 4. The summed E-state index contributed by atoms with van der Waals surface area (Å²) in [7, 11) is -9.92. The number of esters is 4. The third kappa shape index (κ3) is 74.9. The average molecular weight is 1490 g/mol. The lowest BCUT2D eigenvalue weighted by Gasteiger charge is -2.21. The lowest BCUT2D eigenvalue weighted by molar-refractivity contribution is -0.161. The Hall–Kier alpha value is -1.94. The van der Waals surface area contributed by atoms with Crippen molar-refractivity contribution in [2.45, 2.75) is 464 Å². The zero-order chi connectivity index (χ0) is 74.8. The number of phosphoric ester groups is 2. The molecule has 6 atom stereocenters. The first-order valence-electron chi connectivity index (χ1n) is 43.2. The van der Waals surface area contributed by atoms with E-state index in [1.54, 1.807) is 0 Å². The molecule has 0 rings (SSSR count). The van der Waals surface area contributed by atoms with Crippen molar-refractivity contribution in [3.05, 3.63) is 0 Å². The van der Waals surface area contributed by atoms with Gasteiger partial charge in [0, 0.05) is 25.7 Å². The number of aliphatic hydroxyl groups is 1. The Morgan fingerprint density at radius 2 is 0.471 bits per heavy atom. The van der Waals surface area contributed by atoms with Crippen LogP contribution in [0.15, 0.2) is 0 Å². The summed E-state index contributed by atoms with van der Waals surface area (Å²) in [5.74, 6) is -1.24. The normalized spacial score (nSPS) is 14.1. The maximum Gasteiger partial charge on any atom is 0.472 e. The molecule has 0 bridgehead atoms. The van der Waals surface area contributed by atoms with E-state index in [0.717, 1.165) is 109 Å². The summed E-state index contributed by atoms with van der Waals surface area (Å²) in [5.41, 5.74) is 0. The zero-order valence-electron chi connectivity index (χ0n) is 66.8. The van der Waals surface area contributed by atoms with Gasteiger partial charge in [0.1, 0.15) is 19.3 Å². The SMILES string of the molecule is CCCCCCCCCCCCCCCCCCCCC(=O)OC[C@H](COP(=O)(O)OC[C@@H](O)COP(=O)(O)OC[C@@H](COC(=O)CCCCCCCCC)OC(=O)CCCCCCCCCCCCCCCCC)OC(=O)CCCCCCCCCCCCCCCCCCCCC(C)CC. The highest BCUT2D eigenvalue weighted by atomic mass is 31.2. The van der Waals surface area contributed by atoms with E-state index in [1.807, 2.05) is 0 Å². The van der Waals surface area contributed by atoms with Crippen molar-refractivity contribution in [2.75, 3.05) is 39.6 Å². The van der Waals surface area contributed by atoms with Crippen LogP contribution in [-0.2, 0) is 65.4 Å². The van der Waals surface area contributed by atoms with Crippen molar-refractivity contribution in [2.24, 2.45) is 5.92 Å². The Bertz CT molecular complexity index is 1950. The predicted molar refractivity (Wildman–Crippen MR) is 418 cm³/mol. The molecule has 0 radical (unpaired) electrons. The second-order valence-electron chi connectivity index (χ2n) is 30.1. The van der Waals surface area contributed by atoms with Crippen molar-refractivity contribution >= 4 is 39.5 Å². The molecule has 0 aliphatic heterocycles. The lowest BCUT2D eigenvalue weighted by atomic mass is 9.99. The Kier molecular flexibility index (Phi) is 74.4. The minimum absolute atomic E-state index is 0.108. The fourth-order valence-electron chi connectivity index (χ4n) is 12.9. The Balaban J connectivity index is 5.16. The van der Waals surface area contributed by atoms with E-state index in [9.17, 15) is 43.2 Å². The fraction of sp³-hybridized carbons (Fsp3) is 0.952. The van der Waals surface area contributed by atoms with Crippen LogP contribution >= 0.6 is 15.6 Å². The summed E-state index contributed by atoms with van der Waals surface area (Å²) in [5, 5.41) is 10.6. The highest BCUT2D eigenvalue weighted by Gasteiger charge is 2.30. The van der Waals surface area contributed by atoms with Crippen molar-refractivity contribution < 1.29 is 80.2 Å². The Morgan fingerprint density at radius 1 is 0.275 bits per heavy atom. The number of carbonyl (C=O) groups excluding carboxylic acids is 4. The van der Waals surface area contributed by atoms with Gasteiger partial charge >= 0.3 is 39.5 Å². The second-order valence-corrected chi connectivity index (χ2v) is 33.0. The molecule has 0 heterocycles. The van der Waals surface area contributed by atoms with Gasteiger partial charge in [-0.2, -0.15) is 0 Å². The number of hydrogen-bond donors (Lipinski definition) is 3. The van der Waals surface area contributed by atoms with Crippen molar-refractivity contribution in [3.8, 4) is 0 Å². The van der Waals surface area contributed by atoms with E-state index in [4.69, 9.17) is 37.0 Å². The molecule has 0 spiro atoms. The van der Waals surface area contributed by atoms with E-state index in [2.05, 4.69) is 34.6 Å². The summed E-state index contributed by atoms with van der Waals surface area (Å²) >= 11 is 0. The first-order chi connectivity index (χ1) is 49.6. The lowest BCUT2D eigenvalue weighted by Crippen LogP contribution is -2.30. The van der Waals surface area contributed by atoms with E-state index in [1.165, 1.54) is 257 Å². The van der Waals surface area contributed by atoms with E-state index in [-0.39, 0.29) is 25.7 Å². The van der Waals surface area contributed by atoms with Crippen LogP contribution in [-0.4, -0.2) is 96.7 Å². The van der Waals surface area contributed by atoms with Crippen LogP contribution < -0.4 is 0 Å². The summed E-state index contributed by atoms with van der Waals surface area (Å²) in [6.45, 7) is 7.37. The monoisotopic (exact) mass is 1490 g/mol. The van der Waals surface area contributed by atoms with Crippen LogP contribution in [0.25, 0.3) is 0 Å². The average Bonchev–Trinajstić information content (AvgIpc) is 0.913. The minimum atomic E-state index is -4.96. The molecule has 0 aromatic carbocycles. The molecule has 0 saturated carbocycles. The van der Waals surface area contributed by atoms with Crippen LogP contribution in [0.4, 0.5) is 0 Å². The third-order valence-electron chi connectivity index (χ3n) is 19.9. The van der Waals surface area contributed by atoms with Crippen LogP contribution in [0, 0.1) is 5.92 Å². The van der Waals surface area contributed by atoms with Gasteiger partial charge in [0.2, 0.25) is 0 Å². The van der Waals surface area contributed by atoms with Gasteiger partial charge in [0.05, 0.1) is 26.4 Å². The second kappa shape index (κ2) is 75.9. The Labute approximate surface area is 626 Å². The van der Waals surface area contributed by atoms with Gasteiger partial charge in [-0.1, -0.05) is 394 Å². The largest absolute Gasteiger partial charge is 0.472 e.